The summed E-state index contributed by atoms with van der Waals surface area (Å²) in [5, 5.41) is 16.7. The van der Waals surface area contributed by atoms with Crippen LogP contribution in [0.15, 0.2) is 42.5 Å². The molecule has 0 spiro atoms. The summed E-state index contributed by atoms with van der Waals surface area (Å²) in [6.45, 7) is 4.21. The second-order valence-electron chi connectivity index (χ2n) is 11.3. The highest BCUT2D eigenvalue weighted by Gasteiger charge is 2.39. The van der Waals surface area contributed by atoms with Gasteiger partial charge >= 0.3 is 0 Å². The zero-order valence-corrected chi connectivity index (χ0v) is 24.4. The molecule has 1 aliphatic heterocycles. The number of amides is 3. The highest BCUT2D eigenvalue weighted by Crippen LogP contribution is 2.33. The second kappa shape index (κ2) is 13.8. The average molecular weight is 581 g/mol. The van der Waals surface area contributed by atoms with Gasteiger partial charge in [0.15, 0.2) is 0 Å². The normalized spacial score (nSPS) is 24.9. The lowest BCUT2D eigenvalue weighted by Crippen LogP contribution is -2.57. The number of benzene rings is 2. The molecule has 1 saturated carbocycles. The van der Waals surface area contributed by atoms with Gasteiger partial charge in [-0.15, -0.1) is 0 Å². The number of carbonyl (C=O) groups is 3. The van der Waals surface area contributed by atoms with E-state index in [0.29, 0.717) is 37.2 Å². The molecule has 1 fully saturated rings. The number of ether oxygens (including phenoxy) is 1. The predicted molar refractivity (Wildman–Crippen MR) is 158 cm³/mol. The molecule has 0 unspecified atom stereocenters. The average Bonchev–Trinajstić information content (AvgIpc) is 3.80. The molecule has 3 amide bonds. The largest absolute Gasteiger partial charge is 0.489 e. The zero-order chi connectivity index (χ0) is 30.4. The number of nitrogen functional groups attached to an aromatic ring is 1. The first kappa shape index (κ1) is 31.0. The van der Waals surface area contributed by atoms with Crippen molar-refractivity contribution in [1.29, 1.82) is 5.41 Å². The van der Waals surface area contributed by atoms with Crippen LogP contribution >= 0.6 is 0 Å². The first-order valence-corrected chi connectivity index (χ1v) is 14.5. The van der Waals surface area contributed by atoms with Gasteiger partial charge in [-0.2, -0.15) is 0 Å². The van der Waals surface area contributed by atoms with E-state index in [1.165, 1.54) is 17.0 Å². The van der Waals surface area contributed by atoms with Crippen LogP contribution in [0, 0.1) is 17.1 Å². The van der Waals surface area contributed by atoms with E-state index in [2.05, 4.69) is 16.0 Å². The molecule has 6 N–H and O–H groups in total. The third-order valence-corrected chi connectivity index (χ3v) is 7.91. The van der Waals surface area contributed by atoms with Crippen molar-refractivity contribution in [2.45, 2.75) is 70.2 Å². The summed E-state index contributed by atoms with van der Waals surface area (Å²) in [5.74, 6) is -0.863. The Kier molecular flexibility index (Phi) is 10.2. The smallest absolute Gasteiger partial charge is 0.243 e. The summed E-state index contributed by atoms with van der Waals surface area (Å²) >= 11 is 0. The number of hydrogen-bond donors (Lipinski definition) is 5. The van der Waals surface area contributed by atoms with Crippen LogP contribution in [0.2, 0.25) is 0 Å². The third-order valence-electron chi connectivity index (χ3n) is 7.91. The molecule has 226 valence electrons. The number of likely N-dealkylation sites (N-methyl/N-ethyl adjacent to an activating group) is 1. The van der Waals surface area contributed by atoms with Crippen molar-refractivity contribution < 1.29 is 23.5 Å². The molecule has 10 nitrogen and oxygen atoms in total. The quantitative estimate of drug-likeness (QED) is 0.275. The van der Waals surface area contributed by atoms with Gasteiger partial charge in [0.25, 0.3) is 0 Å². The molecule has 42 heavy (non-hydrogen) atoms. The molecule has 4 rings (SSSR count). The third kappa shape index (κ3) is 8.06. The first-order valence-electron chi connectivity index (χ1n) is 14.5. The standard InChI is InChI=1S/C31H41FN6O4/c1-18-17-36-27(22-10-11-22)31(41)38(3)19(2)29(39)37-25(15-20-6-8-23(9-7-20)28(33)34)30(40)35-14-4-5-21-12-13-24(32)16-26(21)42-18/h6-9,12-13,16,18-19,22,25,27,36H,4-5,10-11,14-15,17H2,1-3H3,(H3,33,34)(H,35,40)(H,37,39)/t18-,19-,25-,27+/m1/s1. The van der Waals surface area contributed by atoms with Crippen LogP contribution in [0.1, 0.15) is 49.8 Å². The summed E-state index contributed by atoms with van der Waals surface area (Å²) in [4.78, 5) is 41.6. The van der Waals surface area contributed by atoms with Gasteiger partial charge in [0.05, 0.1) is 6.04 Å². The van der Waals surface area contributed by atoms with Crippen LogP contribution < -0.4 is 26.4 Å². The van der Waals surface area contributed by atoms with E-state index in [1.807, 2.05) is 6.92 Å². The Balaban J connectivity index is 1.58. The van der Waals surface area contributed by atoms with Gasteiger partial charge in [0, 0.05) is 38.2 Å². The van der Waals surface area contributed by atoms with Crippen LogP contribution in [-0.4, -0.2) is 72.8 Å². The lowest BCUT2D eigenvalue weighted by molar-refractivity contribution is -0.141. The fourth-order valence-electron chi connectivity index (χ4n) is 5.04. The van der Waals surface area contributed by atoms with Crippen LogP contribution in [0.5, 0.6) is 5.75 Å². The predicted octanol–water partition coefficient (Wildman–Crippen LogP) is 1.88. The number of nitrogens with one attached hydrogen (secondary N) is 4. The minimum atomic E-state index is -0.895. The molecular weight excluding hydrogens is 539 g/mol. The molecule has 2 aliphatic rings. The van der Waals surface area contributed by atoms with E-state index in [0.717, 1.165) is 24.0 Å². The van der Waals surface area contributed by atoms with Crippen molar-refractivity contribution in [3.8, 4) is 5.75 Å². The molecule has 1 aliphatic carbocycles. The summed E-state index contributed by atoms with van der Waals surface area (Å²) < 4.78 is 20.2. The maximum Gasteiger partial charge on any atom is 0.243 e. The van der Waals surface area contributed by atoms with Crippen LogP contribution in [-0.2, 0) is 27.2 Å². The molecule has 1 heterocycles. The summed E-state index contributed by atoms with van der Waals surface area (Å²) in [7, 11) is 1.59. The van der Waals surface area contributed by atoms with Crippen molar-refractivity contribution in [2.75, 3.05) is 20.1 Å². The van der Waals surface area contributed by atoms with E-state index in [-0.39, 0.29) is 36.1 Å². The molecule has 4 atom stereocenters. The molecule has 11 heteroatoms. The van der Waals surface area contributed by atoms with E-state index in [1.54, 1.807) is 44.3 Å². The monoisotopic (exact) mass is 580 g/mol. The minimum Gasteiger partial charge on any atom is -0.489 e. The maximum absolute atomic E-state index is 14.1. The molecule has 2 aromatic rings. The molecule has 0 radical (unpaired) electrons. The Labute approximate surface area is 246 Å². The number of carbonyl (C=O) groups excluding carboxylic acids is 3. The number of nitrogens with two attached hydrogens (primary N) is 1. The maximum atomic E-state index is 14.1. The van der Waals surface area contributed by atoms with Crippen LogP contribution in [0.4, 0.5) is 4.39 Å². The van der Waals surface area contributed by atoms with E-state index in [4.69, 9.17) is 15.9 Å². The van der Waals surface area contributed by atoms with Crippen molar-refractivity contribution in [2.24, 2.45) is 11.7 Å². The van der Waals surface area contributed by atoms with Gasteiger partial charge in [-0.3, -0.25) is 19.8 Å². The Bertz CT molecular complexity index is 1300. The number of fused-ring (bicyclic) bond motifs is 1. The fourth-order valence-corrected chi connectivity index (χ4v) is 5.04. The topological polar surface area (TPSA) is 150 Å². The number of rotatable bonds is 4. The lowest BCUT2D eigenvalue weighted by Gasteiger charge is -2.31. The lowest BCUT2D eigenvalue weighted by atomic mass is 10.0. The molecule has 2 aromatic carbocycles. The first-order chi connectivity index (χ1) is 20.0. The Morgan fingerprint density at radius 3 is 2.48 bits per heavy atom. The summed E-state index contributed by atoms with van der Waals surface area (Å²) in [6.07, 6.45) is 2.81. The van der Waals surface area contributed by atoms with Crippen molar-refractivity contribution in [3.05, 3.63) is 65.0 Å². The van der Waals surface area contributed by atoms with Gasteiger partial charge in [0.2, 0.25) is 17.7 Å². The van der Waals surface area contributed by atoms with E-state index in [9.17, 15) is 18.8 Å². The number of nitrogens with zero attached hydrogens (tertiary/aromatic N) is 1. The minimum absolute atomic E-state index is 0.0616. The van der Waals surface area contributed by atoms with Crippen molar-refractivity contribution in [1.82, 2.24) is 20.9 Å². The Hall–Kier alpha value is -3.99. The molecule has 0 aromatic heterocycles. The Morgan fingerprint density at radius 2 is 1.81 bits per heavy atom. The van der Waals surface area contributed by atoms with Gasteiger partial charge < -0.3 is 31.3 Å². The number of halogens is 1. The van der Waals surface area contributed by atoms with E-state index < -0.39 is 29.8 Å². The number of aryl methyl sites for hydroxylation is 1. The number of hydrogen-bond acceptors (Lipinski definition) is 6. The fraction of sp³-hybridized carbons (Fsp3) is 0.484. The second-order valence-corrected chi connectivity index (χ2v) is 11.3. The van der Waals surface area contributed by atoms with Gasteiger partial charge in [0.1, 0.15) is 35.6 Å². The van der Waals surface area contributed by atoms with Crippen molar-refractivity contribution in [3.63, 3.8) is 0 Å². The van der Waals surface area contributed by atoms with E-state index >= 15 is 0 Å². The number of amidine groups is 1. The zero-order valence-electron chi connectivity index (χ0n) is 24.4. The van der Waals surface area contributed by atoms with Gasteiger partial charge in [-0.25, -0.2) is 4.39 Å². The molecule has 0 bridgehead atoms. The van der Waals surface area contributed by atoms with Gasteiger partial charge in [-0.1, -0.05) is 30.3 Å². The molecule has 0 saturated heterocycles. The van der Waals surface area contributed by atoms with Crippen LogP contribution in [0.25, 0.3) is 0 Å². The summed E-state index contributed by atoms with van der Waals surface area (Å²) in [6, 6.07) is 9.16. The summed E-state index contributed by atoms with van der Waals surface area (Å²) in [5.41, 5.74) is 7.72. The SMILES string of the molecule is C[C@@H]1CN[C@@H](C2CC2)C(=O)N(C)[C@H](C)C(=O)N[C@H](Cc2ccc(C(=N)N)cc2)C(=O)NCCCc2ccc(F)cc2O1. The highest BCUT2D eigenvalue weighted by atomic mass is 19.1. The highest BCUT2D eigenvalue weighted by molar-refractivity contribution is 5.95. The van der Waals surface area contributed by atoms with Gasteiger partial charge in [-0.05, 0) is 62.6 Å². The molecular formula is C31H41FN6O4. The van der Waals surface area contributed by atoms with Crippen LogP contribution in [0.3, 0.4) is 0 Å². The van der Waals surface area contributed by atoms with Crippen molar-refractivity contribution >= 4 is 23.6 Å². The Morgan fingerprint density at radius 1 is 1.10 bits per heavy atom.